The van der Waals surface area contributed by atoms with Gasteiger partial charge in [0.05, 0.1) is 5.69 Å². The van der Waals surface area contributed by atoms with Crippen molar-refractivity contribution in [2.24, 2.45) is 0 Å². The molecule has 0 bridgehead atoms. The van der Waals surface area contributed by atoms with Crippen LogP contribution in [0.5, 0.6) is 0 Å². The number of halogens is 3. The Kier molecular flexibility index (Phi) is 6.73. The number of rotatable bonds is 7. The van der Waals surface area contributed by atoms with E-state index in [-0.39, 0.29) is 34.9 Å². The van der Waals surface area contributed by atoms with E-state index >= 15 is 0 Å². The van der Waals surface area contributed by atoms with E-state index in [0.29, 0.717) is 5.82 Å². The lowest BCUT2D eigenvalue weighted by Gasteiger charge is -2.28. The summed E-state index contributed by atoms with van der Waals surface area (Å²) in [4.78, 5) is 33.0. The Balaban J connectivity index is 1.82. The number of nitrogens with one attached hydrogen (secondary N) is 1. The molecule has 1 aromatic carbocycles. The van der Waals surface area contributed by atoms with Crippen LogP contribution in [0.15, 0.2) is 47.5 Å². The molecule has 1 N–H and O–H groups in total. The quantitative estimate of drug-likeness (QED) is 0.422. The number of urea groups is 1. The molecule has 1 aliphatic rings. The SMILES string of the molecule is CCC(C)Nc1cc(CN2C(=O)N(c3ccc(SC(F)(F)F)cc3)C(=O)C2(C)C)ccn1. The maximum atomic E-state index is 13.2. The number of aromatic nitrogens is 1. The molecule has 1 fully saturated rings. The highest BCUT2D eigenvalue weighted by Crippen LogP contribution is 2.39. The number of pyridine rings is 1. The molecule has 0 radical (unpaired) electrons. The van der Waals surface area contributed by atoms with Crippen molar-refractivity contribution in [3.05, 3.63) is 48.2 Å². The zero-order valence-corrected chi connectivity index (χ0v) is 19.0. The highest BCUT2D eigenvalue weighted by Gasteiger charge is 2.51. The van der Waals surface area contributed by atoms with Gasteiger partial charge < -0.3 is 10.2 Å². The van der Waals surface area contributed by atoms with E-state index in [1.54, 1.807) is 26.1 Å². The van der Waals surface area contributed by atoms with Gasteiger partial charge in [0.15, 0.2) is 0 Å². The third-order valence-electron chi connectivity index (χ3n) is 5.32. The number of anilines is 2. The summed E-state index contributed by atoms with van der Waals surface area (Å²) in [5, 5.41) is 3.28. The first-order valence-corrected chi connectivity index (χ1v) is 11.0. The lowest BCUT2D eigenvalue weighted by Crippen LogP contribution is -2.43. The molecule has 1 aliphatic heterocycles. The maximum Gasteiger partial charge on any atom is 0.446 e. The molecule has 10 heteroatoms. The standard InChI is InChI=1S/C22H25F3N4O2S/c1-5-14(2)27-18-12-15(10-11-26-18)13-28-20(31)29(19(30)21(28,3)4)16-6-8-17(9-7-16)32-22(23,24)25/h6-12,14H,5,13H2,1-4H3,(H,26,27). The Hall–Kier alpha value is -2.75. The number of benzene rings is 1. The van der Waals surface area contributed by atoms with E-state index in [0.717, 1.165) is 16.9 Å². The predicted molar refractivity (Wildman–Crippen MR) is 118 cm³/mol. The first-order valence-electron chi connectivity index (χ1n) is 10.2. The molecule has 6 nitrogen and oxygen atoms in total. The van der Waals surface area contributed by atoms with Gasteiger partial charge in [0.1, 0.15) is 11.4 Å². The van der Waals surface area contributed by atoms with E-state index < -0.39 is 23.0 Å². The van der Waals surface area contributed by atoms with Crippen molar-refractivity contribution in [3.8, 4) is 0 Å². The topological polar surface area (TPSA) is 65.5 Å². The minimum absolute atomic E-state index is 0.0189. The van der Waals surface area contributed by atoms with Crippen molar-refractivity contribution >= 4 is 35.2 Å². The van der Waals surface area contributed by atoms with Crippen molar-refractivity contribution in [1.29, 1.82) is 0 Å². The molecular formula is C22H25F3N4O2S. The Morgan fingerprint density at radius 3 is 2.41 bits per heavy atom. The van der Waals surface area contributed by atoms with Crippen LogP contribution in [0, 0.1) is 0 Å². The smallest absolute Gasteiger partial charge is 0.368 e. The number of carbonyl (C=O) groups excluding carboxylic acids is 2. The van der Waals surface area contributed by atoms with Crippen LogP contribution < -0.4 is 10.2 Å². The molecule has 1 atom stereocenters. The van der Waals surface area contributed by atoms with Crippen molar-refractivity contribution < 1.29 is 22.8 Å². The fourth-order valence-corrected chi connectivity index (χ4v) is 3.85. The molecular weight excluding hydrogens is 441 g/mol. The van der Waals surface area contributed by atoms with E-state index in [1.807, 2.05) is 13.0 Å². The molecule has 1 unspecified atom stereocenters. The number of hydrogen-bond acceptors (Lipinski definition) is 5. The van der Waals surface area contributed by atoms with Gasteiger partial charge in [0, 0.05) is 23.7 Å². The van der Waals surface area contributed by atoms with E-state index in [9.17, 15) is 22.8 Å². The van der Waals surface area contributed by atoms with Gasteiger partial charge in [-0.15, -0.1) is 0 Å². The van der Waals surface area contributed by atoms with Crippen LogP contribution in [0.2, 0.25) is 0 Å². The van der Waals surface area contributed by atoms with E-state index in [1.165, 1.54) is 29.2 Å². The lowest BCUT2D eigenvalue weighted by atomic mass is 10.0. The third kappa shape index (κ3) is 5.17. The van der Waals surface area contributed by atoms with Gasteiger partial charge >= 0.3 is 11.5 Å². The fraction of sp³-hybridized carbons (Fsp3) is 0.409. The summed E-state index contributed by atoms with van der Waals surface area (Å²) in [5.41, 5.74) is -4.49. The summed E-state index contributed by atoms with van der Waals surface area (Å²) in [6.45, 7) is 7.59. The second kappa shape index (κ2) is 9.01. The zero-order chi connectivity index (χ0) is 23.7. The number of nitrogens with zero attached hydrogens (tertiary/aromatic N) is 3. The van der Waals surface area contributed by atoms with Crippen molar-refractivity contribution in [1.82, 2.24) is 9.88 Å². The molecule has 172 valence electrons. The summed E-state index contributed by atoms with van der Waals surface area (Å²) in [6, 6.07) is 8.53. The van der Waals surface area contributed by atoms with E-state index in [4.69, 9.17) is 0 Å². The van der Waals surface area contributed by atoms with Crippen LogP contribution in [0.3, 0.4) is 0 Å². The van der Waals surface area contributed by atoms with Gasteiger partial charge in [-0.05, 0) is 80.9 Å². The third-order valence-corrected chi connectivity index (χ3v) is 6.06. The van der Waals surface area contributed by atoms with Gasteiger partial charge in [0.2, 0.25) is 0 Å². The average Bonchev–Trinajstić information content (AvgIpc) is 2.87. The Bertz CT molecular complexity index is 995. The van der Waals surface area contributed by atoms with Crippen molar-refractivity contribution in [3.63, 3.8) is 0 Å². The molecule has 3 amide bonds. The summed E-state index contributed by atoms with van der Waals surface area (Å²) >= 11 is -0.248. The van der Waals surface area contributed by atoms with Gasteiger partial charge in [-0.2, -0.15) is 13.2 Å². The molecule has 1 saturated heterocycles. The number of thioether (sulfide) groups is 1. The molecule has 0 spiro atoms. The second-order valence-corrected chi connectivity index (χ2v) is 9.25. The molecule has 0 saturated carbocycles. The van der Waals surface area contributed by atoms with Crippen LogP contribution in [0.1, 0.15) is 39.7 Å². The average molecular weight is 467 g/mol. The number of imide groups is 1. The van der Waals surface area contributed by atoms with E-state index in [2.05, 4.69) is 17.2 Å². The van der Waals surface area contributed by atoms with Crippen LogP contribution in [0.4, 0.5) is 29.5 Å². The number of carbonyl (C=O) groups is 2. The van der Waals surface area contributed by atoms with Crippen LogP contribution in [-0.4, -0.2) is 38.9 Å². The molecule has 3 rings (SSSR count). The Labute approximate surface area is 189 Å². The number of hydrogen-bond donors (Lipinski definition) is 1. The lowest BCUT2D eigenvalue weighted by molar-refractivity contribution is -0.123. The number of amides is 3. The van der Waals surface area contributed by atoms with Crippen LogP contribution in [-0.2, 0) is 11.3 Å². The monoisotopic (exact) mass is 466 g/mol. The molecule has 2 aromatic rings. The predicted octanol–water partition coefficient (Wildman–Crippen LogP) is 5.65. The second-order valence-electron chi connectivity index (χ2n) is 8.11. The maximum absolute atomic E-state index is 13.2. The minimum Gasteiger partial charge on any atom is -0.368 e. The molecule has 32 heavy (non-hydrogen) atoms. The molecule has 2 heterocycles. The van der Waals surface area contributed by atoms with Crippen molar-refractivity contribution in [2.75, 3.05) is 10.2 Å². The Morgan fingerprint density at radius 2 is 1.81 bits per heavy atom. The molecule has 0 aliphatic carbocycles. The Morgan fingerprint density at radius 1 is 1.16 bits per heavy atom. The van der Waals surface area contributed by atoms with Gasteiger partial charge in [-0.1, -0.05) is 6.92 Å². The number of alkyl halides is 3. The minimum atomic E-state index is -4.41. The van der Waals surface area contributed by atoms with Crippen LogP contribution in [0.25, 0.3) is 0 Å². The van der Waals surface area contributed by atoms with Gasteiger partial charge in [-0.25, -0.2) is 14.7 Å². The first kappa shape index (κ1) is 23.9. The zero-order valence-electron chi connectivity index (χ0n) is 18.2. The highest BCUT2D eigenvalue weighted by atomic mass is 32.2. The van der Waals surface area contributed by atoms with Gasteiger partial charge in [0.25, 0.3) is 5.91 Å². The molecule has 1 aromatic heterocycles. The summed E-state index contributed by atoms with van der Waals surface area (Å²) in [6.07, 6.45) is 2.57. The summed E-state index contributed by atoms with van der Waals surface area (Å²) in [5.74, 6) is 0.243. The van der Waals surface area contributed by atoms with Crippen molar-refractivity contribution in [2.45, 2.75) is 62.6 Å². The highest BCUT2D eigenvalue weighted by molar-refractivity contribution is 8.00. The fourth-order valence-electron chi connectivity index (χ4n) is 3.31. The largest absolute Gasteiger partial charge is 0.446 e. The first-order chi connectivity index (χ1) is 14.9. The normalized spacial score (nSPS) is 17.1. The van der Waals surface area contributed by atoms with Crippen LogP contribution >= 0.6 is 11.8 Å². The van der Waals surface area contributed by atoms with Gasteiger partial charge in [-0.3, -0.25) is 4.79 Å². The summed E-state index contributed by atoms with van der Waals surface area (Å²) < 4.78 is 37.7. The summed E-state index contributed by atoms with van der Waals surface area (Å²) in [7, 11) is 0.